The lowest BCUT2D eigenvalue weighted by molar-refractivity contribution is -0.117. The average molecular weight is 492 g/mol. The van der Waals surface area contributed by atoms with Crippen molar-refractivity contribution >= 4 is 43.8 Å². The van der Waals surface area contributed by atoms with E-state index in [2.05, 4.69) is 37.2 Å². The second kappa shape index (κ2) is 10.3. The van der Waals surface area contributed by atoms with Gasteiger partial charge in [0.25, 0.3) is 5.91 Å². The van der Waals surface area contributed by atoms with Crippen LogP contribution in [0.5, 0.6) is 5.75 Å². The second-order valence-electron chi connectivity index (χ2n) is 6.06. The number of benzene rings is 2. The molecule has 27 heavy (non-hydrogen) atoms. The minimum absolute atomic E-state index is 0.0235. The van der Waals surface area contributed by atoms with E-state index in [-0.39, 0.29) is 17.5 Å². The van der Waals surface area contributed by atoms with Gasteiger partial charge < -0.3 is 10.1 Å². The van der Waals surface area contributed by atoms with Gasteiger partial charge >= 0.3 is 0 Å². The first-order chi connectivity index (χ1) is 12.9. The van der Waals surface area contributed by atoms with E-state index in [1.807, 2.05) is 62.4 Å². The van der Waals surface area contributed by atoms with Crippen molar-refractivity contribution in [2.24, 2.45) is 0 Å². The van der Waals surface area contributed by atoms with Gasteiger partial charge in [0.05, 0.1) is 4.47 Å². The van der Waals surface area contributed by atoms with Crippen LogP contribution in [0.25, 0.3) is 6.08 Å². The molecule has 4 nitrogen and oxygen atoms in total. The molecule has 0 radical (unpaired) electrons. The average Bonchev–Trinajstić information content (AvgIpc) is 2.66. The fraction of sp³-hybridized carbons (Fsp3) is 0.238. The van der Waals surface area contributed by atoms with Crippen LogP contribution in [0, 0.1) is 11.3 Å². The smallest absolute Gasteiger partial charge is 0.262 e. The number of nitriles is 1. The monoisotopic (exact) mass is 490 g/mol. The van der Waals surface area contributed by atoms with Crippen LogP contribution in [0.2, 0.25) is 0 Å². The van der Waals surface area contributed by atoms with Crippen LogP contribution in [0.4, 0.5) is 0 Å². The van der Waals surface area contributed by atoms with Gasteiger partial charge in [0.15, 0.2) is 0 Å². The molecule has 2 rings (SSSR count). The van der Waals surface area contributed by atoms with Crippen molar-refractivity contribution in [3.63, 3.8) is 0 Å². The van der Waals surface area contributed by atoms with Crippen molar-refractivity contribution in [2.75, 3.05) is 0 Å². The van der Waals surface area contributed by atoms with Gasteiger partial charge in [-0.3, -0.25) is 4.79 Å². The third kappa shape index (κ3) is 6.53. The Morgan fingerprint density at radius 1 is 1.26 bits per heavy atom. The molecule has 0 spiro atoms. The summed E-state index contributed by atoms with van der Waals surface area (Å²) < 4.78 is 7.62. The van der Waals surface area contributed by atoms with Gasteiger partial charge in [-0.05, 0) is 70.7 Å². The van der Waals surface area contributed by atoms with Crippen molar-refractivity contribution < 1.29 is 9.53 Å². The molecule has 0 aromatic heterocycles. The van der Waals surface area contributed by atoms with Crippen molar-refractivity contribution in [1.29, 1.82) is 5.26 Å². The number of hydrogen-bond acceptors (Lipinski definition) is 3. The molecule has 0 heterocycles. The lowest BCUT2D eigenvalue weighted by Gasteiger charge is -2.11. The molecular formula is C21H20Br2N2O2. The molecule has 0 aliphatic heterocycles. The van der Waals surface area contributed by atoms with Gasteiger partial charge in [-0.2, -0.15) is 5.26 Å². The number of nitrogens with one attached hydrogen (secondary N) is 1. The highest BCUT2D eigenvalue weighted by Crippen LogP contribution is 2.28. The van der Waals surface area contributed by atoms with Gasteiger partial charge in [0.1, 0.15) is 24.0 Å². The topological polar surface area (TPSA) is 62.1 Å². The van der Waals surface area contributed by atoms with Gasteiger partial charge in [-0.15, -0.1) is 0 Å². The molecule has 1 amide bonds. The van der Waals surface area contributed by atoms with Crippen LogP contribution in [0.15, 0.2) is 57.0 Å². The normalized spacial score (nSPS) is 12.2. The quantitative estimate of drug-likeness (QED) is 0.404. The Bertz CT molecular complexity index is 871. The summed E-state index contributed by atoms with van der Waals surface area (Å²) in [5, 5.41) is 12.1. The molecule has 0 saturated carbocycles. The van der Waals surface area contributed by atoms with E-state index in [9.17, 15) is 10.1 Å². The molecule has 0 saturated heterocycles. The summed E-state index contributed by atoms with van der Waals surface area (Å²) in [5.41, 5.74) is 1.88. The number of ether oxygens (including phenoxy) is 1. The van der Waals surface area contributed by atoms with Crippen LogP contribution in [-0.2, 0) is 11.4 Å². The minimum Gasteiger partial charge on any atom is -0.488 e. The van der Waals surface area contributed by atoms with E-state index in [0.717, 1.165) is 26.5 Å². The molecular weight excluding hydrogens is 472 g/mol. The van der Waals surface area contributed by atoms with Crippen molar-refractivity contribution in [1.82, 2.24) is 5.32 Å². The van der Waals surface area contributed by atoms with Crippen molar-refractivity contribution in [3.05, 3.63) is 68.1 Å². The Kier molecular flexibility index (Phi) is 8.08. The minimum atomic E-state index is -0.362. The Balaban J connectivity index is 2.09. The fourth-order valence-electron chi connectivity index (χ4n) is 2.18. The predicted octanol–water partition coefficient (Wildman–Crippen LogP) is 5.61. The maximum Gasteiger partial charge on any atom is 0.262 e. The number of rotatable bonds is 7. The van der Waals surface area contributed by atoms with E-state index in [4.69, 9.17) is 4.74 Å². The summed E-state index contributed by atoms with van der Waals surface area (Å²) in [5.74, 6) is 0.330. The number of carbonyl (C=O) groups is 1. The molecule has 0 aliphatic carbocycles. The highest BCUT2D eigenvalue weighted by Gasteiger charge is 2.12. The van der Waals surface area contributed by atoms with Gasteiger partial charge in [0, 0.05) is 10.5 Å². The van der Waals surface area contributed by atoms with Gasteiger partial charge in [0.2, 0.25) is 0 Å². The van der Waals surface area contributed by atoms with Crippen LogP contribution in [0.1, 0.15) is 31.4 Å². The first-order valence-corrected chi connectivity index (χ1v) is 10.1. The van der Waals surface area contributed by atoms with Gasteiger partial charge in [-0.25, -0.2) is 0 Å². The highest BCUT2D eigenvalue weighted by atomic mass is 79.9. The maximum atomic E-state index is 12.1. The Morgan fingerprint density at radius 3 is 2.56 bits per heavy atom. The predicted molar refractivity (Wildman–Crippen MR) is 114 cm³/mol. The molecule has 0 aliphatic rings. The first kappa shape index (κ1) is 21.2. The zero-order chi connectivity index (χ0) is 19.8. The van der Waals surface area contributed by atoms with Crippen LogP contribution < -0.4 is 10.1 Å². The molecule has 0 fully saturated rings. The number of nitrogens with zero attached hydrogens (tertiary/aromatic N) is 1. The number of amides is 1. The Hall–Kier alpha value is -2.10. The van der Waals surface area contributed by atoms with E-state index >= 15 is 0 Å². The third-order valence-corrected chi connectivity index (χ3v) is 5.08. The summed E-state index contributed by atoms with van der Waals surface area (Å²) in [6.45, 7) is 4.33. The van der Waals surface area contributed by atoms with E-state index in [1.54, 1.807) is 6.08 Å². The summed E-state index contributed by atoms with van der Waals surface area (Å²) in [6.07, 6.45) is 2.38. The molecule has 0 bridgehead atoms. The van der Waals surface area contributed by atoms with Crippen molar-refractivity contribution in [3.8, 4) is 11.8 Å². The lowest BCUT2D eigenvalue weighted by Crippen LogP contribution is -2.32. The molecule has 1 N–H and O–H groups in total. The van der Waals surface area contributed by atoms with E-state index in [1.165, 1.54) is 0 Å². The summed E-state index contributed by atoms with van der Waals surface area (Å²) >= 11 is 6.90. The molecule has 2 aromatic rings. The SMILES string of the molecule is CC[C@@H](C)NC(=O)/C(C#N)=C/c1ccc(OCc2ccc(Br)cc2)c(Br)c1. The summed E-state index contributed by atoms with van der Waals surface area (Å²) in [7, 11) is 0. The molecule has 1 atom stereocenters. The summed E-state index contributed by atoms with van der Waals surface area (Å²) in [4.78, 5) is 12.1. The largest absolute Gasteiger partial charge is 0.488 e. The fourth-order valence-corrected chi connectivity index (χ4v) is 2.96. The zero-order valence-corrected chi connectivity index (χ0v) is 18.3. The second-order valence-corrected chi connectivity index (χ2v) is 7.83. The molecule has 2 aromatic carbocycles. The Labute approximate surface area is 176 Å². The van der Waals surface area contributed by atoms with Crippen LogP contribution >= 0.6 is 31.9 Å². The standard InChI is InChI=1S/C21H20Br2N2O2/c1-3-14(2)25-21(26)17(12-24)10-16-6-9-20(19(23)11-16)27-13-15-4-7-18(22)8-5-15/h4-11,14H,3,13H2,1-2H3,(H,25,26)/b17-10+/t14-/m1/s1. The number of carbonyl (C=O) groups excluding carboxylic acids is 1. The maximum absolute atomic E-state index is 12.1. The summed E-state index contributed by atoms with van der Waals surface area (Å²) in [6, 6.07) is 15.4. The van der Waals surface area contributed by atoms with Crippen LogP contribution in [-0.4, -0.2) is 11.9 Å². The number of halogens is 2. The Morgan fingerprint density at radius 2 is 1.96 bits per heavy atom. The van der Waals surface area contributed by atoms with Crippen molar-refractivity contribution in [2.45, 2.75) is 32.9 Å². The van der Waals surface area contributed by atoms with Gasteiger partial charge in [-0.1, -0.05) is 41.1 Å². The lowest BCUT2D eigenvalue weighted by atomic mass is 10.1. The van der Waals surface area contributed by atoms with E-state index in [0.29, 0.717) is 12.4 Å². The molecule has 6 heteroatoms. The molecule has 0 unspecified atom stereocenters. The van der Waals surface area contributed by atoms with E-state index < -0.39 is 0 Å². The van der Waals surface area contributed by atoms with Crippen LogP contribution in [0.3, 0.4) is 0 Å². The highest BCUT2D eigenvalue weighted by molar-refractivity contribution is 9.10. The molecule has 140 valence electrons. The number of hydrogen-bond donors (Lipinski definition) is 1. The zero-order valence-electron chi connectivity index (χ0n) is 15.1. The first-order valence-electron chi connectivity index (χ1n) is 8.52. The third-order valence-electron chi connectivity index (χ3n) is 3.93.